The molecule has 0 radical (unpaired) electrons. The van der Waals surface area contributed by atoms with Gasteiger partial charge in [-0.1, -0.05) is 60.7 Å². The Kier molecular flexibility index (Phi) is 4.14. The molecule has 1 fully saturated rings. The van der Waals surface area contributed by atoms with Crippen LogP contribution in [-0.4, -0.2) is 24.2 Å². The maximum absolute atomic E-state index is 5.87. The van der Waals surface area contributed by atoms with Crippen LogP contribution in [0.4, 0.5) is 0 Å². The molecule has 0 bridgehead atoms. The molecule has 20 heavy (non-hydrogen) atoms. The molecule has 0 saturated carbocycles. The molecule has 0 amide bonds. The SMILES string of the molecule is C[C@H]1CN(Cc2ccccc2)[C@@H](c2ccccc2)CO1. The smallest absolute Gasteiger partial charge is 0.0675 e. The van der Waals surface area contributed by atoms with Gasteiger partial charge < -0.3 is 4.74 Å². The van der Waals surface area contributed by atoms with Gasteiger partial charge in [-0.2, -0.15) is 0 Å². The van der Waals surface area contributed by atoms with Gasteiger partial charge in [0.1, 0.15) is 0 Å². The van der Waals surface area contributed by atoms with E-state index >= 15 is 0 Å². The van der Waals surface area contributed by atoms with E-state index in [1.165, 1.54) is 11.1 Å². The molecular formula is C18H21NO. The first kappa shape index (κ1) is 13.3. The lowest BCUT2D eigenvalue weighted by atomic mass is 10.0. The fraction of sp³-hybridized carbons (Fsp3) is 0.333. The molecule has 0 unspecified atom stereocenters. The molecule has 1 aliphatic rings. The van der Waals surface area contributed by atoms with Crippen molar-refractivity contribution in [1.82, 2.24) is 4.90 Å². The lowest BCUT2D eigenvalue weighted by Gasteiger charge is -2.39. The normalized spacial score (nSPS) is 23.6. The van der Waals surface area contributed by atoms with Gasteiger partial charge in [-0.25, -0.2) is 0 Å². The molecule has 2 atom stereocenters. The second-order valence-corrected chi connectivity index (χ2v) is 5.49. The summed E-state index contributed by atoms with van der Waals surface area (Å²) in [6.07, 6.45) is 0.304. The highest BCUT2D eigenvalue weighted by atomic mass is 16.5. The molecule has 3 rings (SSSR count). The Hall–Kier alpha value is -1.64. The van der Waals surface area contributed by atoms with Gasteiger partial charge >= 0.3 is 0 Å². The third-order valence-corrected chi connectivity index (χ3v) is 3.88. The number of rotatable bonds is 3. The summed E-state index contributed by atoms with van der Waals surface area (Å²) in [5.74, 6) is 0. The zero-order valence-electron chi connectivity index (χ0n) is 11.9. The van der Waals surface area contributed by atoms with E-state index < -0.39 is 0 Å². The number of hydrogen-bond acceptors (Lipinski definition) is 2. The molecule has 2 aromatic carbocycles. The van der Waals surface area contributed by atoms with Crippen molar-refractivity contribution in [3.8, 4) is 0 Å². The van der Waals surface area contributed by atoms with Crippen molar-refractivity contribution in [2.75, 3.05) is 13.2 Å². The van der Waals surface area contributed by atoms with Crippen molar-refractivity contribution >= 4 is 0 Å². The van der Waals surface area contributed by atoms with Crippen molar-refractivity contribution in [1.29, 1.82) is 0 Å². The van der Waals surface area contributed by atoms with Gasteiger partial charge in [0.2, 0.25) is 0 Å². The van der Waals surface area contributed by atoms with Crippen molar-refractivity contribution < 1.29 is 4.74 Å². The zero-order valence-corrected chi connectivity index (χ0v) is 11.9. The molecule has 2 nitrogen and oxygen atoms in total. The zero-order chi connectivity index (χ0) is 13.8. The molecule has 0 aromatic heterocycles. The second-order valence-electron chi connectivity index (χ2n) is 5.49. The Morgan fingerprint density at radius 1 is 1.00 bits per heavy atom. The molecule has 0 N–H and O–H groups in total. The van der Waals surface area contributed by atoms with Crippen LogP contribution in [0.1, 0.15) is 24.1 Å². The molecule has 1 aliphatic heterocycles. The molecule has 1 saturated heterocycles. The van der Waals surface area contributed by atoms with Gasteiger partial charge in [0, 0.05) is 13.1 Å². The molecular weight excluding hydrogens is 246 g/mol. The summed E-state index contributed by atoms with van der Waals surface area (Å²) in [6, 6.07) is 21.7. The predicted octanol–water partition coefficient (Wildman–Crippen LogP) is 3.65. The van der Waals surface area contributed by atoms with E-state index in [-0.39, 0.29) is 0 Å². The molecule has 0 aliphatic carbocycles. The van der Waals surface area contributed by atoms with Crippen LogP contribution in [0.15, 0.2) is 60.7 Å². The Morgan fingerprint density at radius 2 is 1.65 bits per heavy atom. The van der Waals surface area contributed by atoms with Crippen molar-refractivity contribution in [2.24, 2.45) is 0 Å². The first-order valence-electron chi connectivity index (χ1n) is 7.27. The summed E-state index contributed by atoms with van der Waals surface area (Å²) in [4.78, 5) is 2.53. The van der Waals surface area contributed by atoms with E-state index in [0.717, 1.165) is 19.7 Å². The molecule has 2 heteroatoms. The standard InChI is InChI=1S/C18H21NO/c1-15-12-19(13-16-8-4-2-5-9-16)18(14-20-15)17-10-6-3-7-11-17/h2-11,15,18H,12-14H2,1H3/t15-,18+/m0/s1. The predicted molar refractivity (Wildman–Crippen MR) is 81.4 cm³/mol. The lowest BCUT2D eigenvalue weighted by molar-refractivity contribution is -0.0597. The van der Waals surface area contributed by atoms with E-state index in [1.807, 2.05) is 0 Å². The van der Waals surface area contributed by atoms with E-state index in [1.54, 1.807) is 0 Å². The van der Waals surface area contributed by atoms with Gasteiger partial charge in [-0.3, -0.25) is 4.90 Å². The maximum atomic E-state index is 5.87. The summed E-state index contributed by atoms with van der Waals surface area (Å²) in [5, 5.41) is 0. The second kappa shape index (κ2) is 6.21. The van der Waals surface area contributed by atoms with E-state index in [2.05, 4.69) is 72.5 Å². The van der Waals surface area contributed by atoms with Crippen LogP contribution in [0.2, 0.25) is 0 Å². The minimum Gasteiger partial charge on any atom is -0.375 e. The number of benzene rings is 2. The maximum Gasteiger partial charge on any atom is 0.0675 e. The first-order valence-corrected chi connectivity index (χ1v) is 7.27. The van der Waals surface area contributed by atoms with Gasteiger partial charge in [0.25, 0.3) is 0 Å². The van der Waals surface area contributed by atoms with Crippen molar-refractivity contribution in [3.63, 3.8) is 0 Å². The van der Waals surface area contributed by atoms with E-state index in [9.17, 15) is 0 Å². The summed E-state index contributed by atoms with van der Waals surface area (Å²) in [7, 11) is 0. The topological polar surface area (TPSA) is 12.5 Å². The lowest BCUT2D eigenvalue weighted by Crippen LogP contribution is -2.43. The van der Waals surface area contributed by atoms with Gasteiger partial charge in [-0.15, -0.1) is 0 Å². The Morgan fingerprint density at radius 3 is 2.35 bits per heavy atom. The number of nitrogens with zero attached hydrogens (tertiary/aromatic N) is 1. The monoisotopic (exact) mass is 267 g/mol. The molecule has 2 aromatic rings. The highest BCUT2D eigenvalue weighted by molar-refractivity contribution is 5.21. The number of ether oxygens (including phenoxy) is 1. The summed E-state index contributed by atoms with van der Waals surface area (Å²) in [5.41, 5.74) is 2.71. The highest BCUT2D eigenvalue weighted by Gasteiger charge is 2.27. The minimum absolute atomic E-state index is 0.304. The van der Waals surface area contributed by atoms with Crippen LogP contribution in [0.5, 0.6) is 0 Å². The average Bonchev–Trinajstić information content (AvgIpc) is 2.49. The minimum atomic E-state index is 0.304. The van der Waals surface area contributed by atoms with Crippen LogP contribution in [0.25, 0.3) is 0 Å². The Labute approximate surface area is 121 Å². The summed E-state index contributed by atoms with van der Waals surface area (Å²) in [6.45, 7) is 4.89. The fourth-order valence-corrected chi connectivity index (χ4v) is 2.85. The van der Waals surface area contributed by atoms with Crippen LogP contribution < -0.4 is 0 Å². The number of morpholine rings is 1. The first-order chi connectivity index (χ1) is 9.83. The molecule has 1 heterocycles. The van der Waals surface area contributed by atoms with Crippen molar-refractivity contribution in [3.05, 3.63) is 71.8 Å². The largest absolute Gasteiger partial charge is 0.375 e. The van der Waals surface area contributed by atoms with Gasteiger partial charge in [-0.05, 0) is 18.1 Å². The fourth-order valence-electron chi connectivity index (χ4n) is 2.85. The molecule has 104 valence electrons. The Balaban J connectivity index is 1.80. The third-order valence-electron chi connectivity index (χ3n) is 3.88. The quantitative estimate of drug-likeness (QED) is 0.841. The third kappa shape index (κ3) is 3.09. The highest BCUT2D eigenvalue weighted by Crippen LogP contribution is 2.27. The van der Waals surface area contributed by atoms with E-state index in [4.69, 9.17) is 4.74 Å². The van der Waals surface area contributed by atoms with Crippen LogP contribution >= 0.6 is 0 Å². The van der Waals surface area contributed by atoms with Crippen molar-refractivity contribution in [2.45, 2.75) is 25.6 Å². The van der Waals surface area contributed by atoms with Gasteiger partial charge in [0.05, 0.1) is 18.8 Å². The van der Waals surface area contributed by atoms with Gasteiger partial charge in [0.15, 0.2) is 0 Å². The molecule has 0 spiro atoms. The Bertz CT molecular complexity index is 526. The van der Waals surface area contributed by atoms with E-state index in [0.29, 0.717) is 12.1 Å². The van der Waals surface area contributed by atoms with Crippen LogP contribution in [0.3, 0.4) is 0 Å². The summed E-state index contributed by atoms with van der Waals surface area (Å²) >= 11 is 0. The average molecular weight is 267 g/mol. The number of hydrogen-bond donors (Lipinski definition) is 0. The van der Waals surface area contributed by atoms with Crippen LogP contribution in [0, 0.1) is 0 Å². The van der Waals surface area contributed by atoms with Crippen LogP contribution in [-0.2, 0) is 11.3 Å². The summed E-state index contributed by atoms with van der Waals surface area (Å²) < 4.78 is 5.87.